The highest BCUT2D eigenvalue weighted by atomic mass is 16.5. The minimum absolute atomic E-state index is 0.0109. The molecule has 1 saturated heterocycles. The van der Waals surface area contributed by atoms with Gasteiger partial charge in [-0.3, -0.25) is 4.90 Å². The van der Waals surface area contributed by atoms with Gasteiger partial charge in [0.05, 0.1) is 12.7 Å². The van der Waals surface area contributed by atoms with Gasteiger partial charge in [0.2, 0.25) is 12.3 Å². The number of guanidine groups is 1. The van der Waals surface area contributed by atoms with E-state index in [4.69, 9.17) is 15.6 Å². The summed E-state index contributed by atoms with van der Waals surface area (Å²) < 4.78 is 5.47. The van der Waals surface area contributed by atoms with Gasteiger partial charge in [-0.25, -0.2) is 4.99 Å². The van der Waals surface area contributed by atoms with E-state index in [0.717, 1.165) is 12.8 Å². The molecular weight excluding hydrogens is 200 g/mol. The van der Waals surface area contributed by atoms with Crippen LogP contribution in [0.15, 0.2) is 9.98 Å². The molecule has 1 unspecified atom stereocenters. The number of hydrogen-bond donors (Lipinski definition) is 3. The highest BCUT2D eigenvalue weighted by molar-refractivity contribution is 5.87. The fraction of sp³-hybridized carbons (Fsp3) is 0.750. The van der Waals surface area contributed by atoms with Gasteiger partial charge in [-0.1, -0.05) is 0 Å². The maximum atomic E-state index is 9.58. The van der Waals surface area contributed by atoms with Crippen molar-refractivity contribution in [2.75, 3.05) is 6.61 Å². The minimum Gasteiger partial charge on any atom is -0.394 e. The number of nitrogens with zero attached hydrogens (tertiary/aromatic N) is 3. The van der Waals surface area contributed by atoms with Crippen molar-refractivity contribution in [3.05, 3.63) is 0 Å². The van der Waals surface area contributed by atoms with E-state index in [9.17, 15) is 5.11 Å². The zero-order chi connectivity index (χ0) is 10.8. The number of ether oxygens (including phenoxy) is 1. The highest BCUT2D eigenvalue weighted by Crippen LogP contribution is 2.23. The average Bonchev–Trinajstić information content (AvgIpc) is 2.66. The van der Waals surface area contributed by atoms with Gasteiger partial charge in [-0.05, 0) is 12.8 Å². The average molecular weight is 214 g/mol. The Morgan fingerprint density at radius 2 is 2.40 bits per heavy atom. The first-order chi connectivity index (χ1) is 7.20. The predicted molar refractivity (Wildman–Crippen MR) is 52.9 cm³/mol. The van der Waals surface area contributed by atoms with E-state index in [1.807, 2.05) is 0 Å². The second-order valence-corrected chi connectivity index (χ2v) is 3.50. The topological polar surface area (TPSA) is 104 Å². The Labute approximate surface area is 86.9 Å². The number of rotatable bonds is 2. The van der Waals surface area contributed by atoms with Gasteiger partial charge < -0.3 is 20.7 Å². The second kappa shape index (κ2) is 4.13. The van der Waals surface area contributed by atoms with Gasteiger partial charge in [0, 0.05) is 0 Å². The normalized spacial score (nSPS) is 35.7. The molecule has 0 bridgehead atoms. The van der Waals surface area contributed by atoms with E-state index in [1.165, 1.54) is 11.2 Å². The predicted octanol–water partition coefficient (Wildman–Crippen LogP) is -1.58. The third-order valence-corrected chi connectivity index (χ3v) is 2.46. The molecule has 84 valence electrons. The molecule has 0 amide bonds. The van der Waals surface area contributed by atoms with Crippen LogP contribution in [-0.2, 0) is 4.74 Å². The van der Waals surface area contributed by atoms with Gasteiger partial charge in [0.1, 0.15) is 12.6 Å². The summed E-state index contributed by atoms with van der Waals surface area (Å²) in [4.78, 5) is 8.96. The van der Waals surface area contributed by atoms with Crippen molar-refractivity contribution in [3.8, 4) is 0 Å². The summed E-state index contributed by atoms with van der Waals surface area (Å²) in [5.74, 6) is 0.0513. The second-order valence-electron chi connectivity index (χ2n) is 3.50. The first kappa shape index (κ1) is 10.3. The van der Waals surface area contributed by atoms with E-state index in [1.54, 1.807) is 0 Å². The Kier molecular flexibility index (Phi) is 2.85. The van der Waals surface area contributed by atoms with Gasteiger partial charge in [-0.2, -0.15) is 4.99 Å². The van der Waals surface area contributed by atoms with Crippen molar-refractivity contribution in [1.82, 2.24) is 4.90 Å². The molecule has 3 atom stereocenters. The van der Waals surface area contributed by atoms with Gasteiger partial charge in [-0.15, -0.1) is 0 Å². The maximum absolute atomic E-state index is 9.58. The van der Waals surface area contributed by atoms with Crippen LogP contribution in [0.3, 0.4) is 0 Å². The quantitative estimate of drug-likeness (QED) is 0.514. The molecule has 0 radical (unpaired) electrons. The summed E-state index contributed by atoms with van der Waals surface area (Å²) in [6.07, 6.45) is 1.39. The summed E-state index contributed by atoms with van der Waals surface area (Å²) in [5.41, 5.74) is 5.32. The van der Waals surface area contributed by atoms with E-state index in [-0.39, 0.29) is 24.9 Å². The Morgan fingerprint density at radius 3 is 3.00 bits per heavy atom. The molecule has 7 nitrogen and oxygen atoms in total. The largest absolute Gasteiger partial charge is 0.394 e. The van der Waals surface area contributed by atoms with Crippen molar-refractivity contribution in [3.63, 3.8) is 0 Å². The lowest BCUT2D eigenvalue weighted by atomic mass is 10.2. The van der Waals surface area contributed by atoms with Crippen LogP contribution in [0.5, 0.6) is 0 Å². The molecule has 15 heavy (non-hydrogen) atoms. The van der Waals surface area contributed by atoms with Crippen LogP contribution in [0.2, 0.25) is 0 Å². The van der Waals surface area contributed by atoms with Crippen molar-refractivity contribution in [2.45, 2.75) is 31.5 Å². The van der Waals surface area contributed by atoms with E-state index < -0.39 is 6.35 Å². The zero-order valence-electron chi connectivity index (χ0n) is 8.15. The molecule has 2 aliphatic heterocycles. The van der Waals surface area contributed by atoms with Crippen LogP contribution in [-0.4, -0.2) is 52.7 Å². The SMILES string of the molecule is NC1=NC(O)N([C@H]2CC[C@@H](CO)O2)C=N1. The lowest BCUT2D eigenvalue weighted by Gasteiger charge is -2.30. The van der Waals surface area contributed by atoms with Crippen LogP contribution in [0.4, 0.5) is 0 Å². The summed E-state index contributed by atoms with van der Waals surface area (Å²) in [7, 11) is 0. The van der Waals surface area contributed by atoms with Crippen molar-refractivity contribution in [2.24, 2.45) is 15.7 Å². The Morgan fingerprint density at radius 1 is 1.60 bits per heavy atom. The molecule has 0 saturated carbocycles. The lowest BCUT2D eigenvalue weighted by molar-refractivity contribution is -0.0909. The Bertz CT molecular complexity index is 294. The number of aliphatic imine (C=N–C) groups is 2. The van der Waals surface area contributed by atoms with Crippen molar-refractivity contribution in [1.29, 1.82) is 0 Å². The maximum Gasteiger partial charge on any atom is 0.231 e. The molecule has 2 rings (SSSR count). The number of nitrogens with two attached hydrogens (primary N) is 1. The minimum atomic E-state index is -1.05. The van der Waals surface area contributed by atoms with Crippen molar-refractivity contribution < 1.29 is 14.9 Å². The number of aliphatic hydroxyl groups excluding tert-OH is 2. The Balaban J connectivity index is 1.98. The molecule has 0 aliphatic carbocycles. The highest BCUT2D eigenvalue weighted by Gasteiger charge is 2.32. The lowest BCUT2D eigenvalue weighted by Crippen LogP contribution is -2.45. The van der Waals surface area contributed by atoms with Gasteiger partial charge >= 0.3 is 0 Å². The van der Waals surface area contributed by atoms with E-state index in [2.05, 4.69) is 9.98 Å². The van der Waals surface area contributed by atoms with Gasteiger partial charge in [0.15, 0.2) is 0 Å². The fourth-order valence-electron chi connectivity index (χ4n) is 1.67. The van der Waals surface area contributed by atoms with E-state index in [0.29, 0.717) is 0 Å². The van der Waals surface area contributed by atoms with Crippen LogP contribution in [0.1, 0.15) is 12.8 Å². The summed E-state index contributed by atoms with van der Waals surface area (Å²) in [5, 5.41) is 18.5. The molecular formula is C8H14N4O3. The molecule has 2 aliphatic rings. The number of hydrogen-bond acceptors (Lipinski definition) is 7. The summed E-state index contributed by atoms with van der Waals surface area (Å²) in [6.45, 7) is -0.0109. The van der Waals surface area contributed by atoms with Crippen LogP contribution >= 0.6 is 0 Å². The monoisotopic (exact) mass is 214 g/mol. The van der Waals surface area contributed by atoms with Gasteiger partial charge in [0.25, 0.3) is 0 Å². The molecule has 0 aromatic rings. The summed E-state index contributed by atoms with van der Waals surface area (Å²) in [6, 6.07) is 0. The molecule has 0 spiro atoms. The standard InChI is InChI=1S/C8H14N4O3/c9-7-10-4-12(8(14)11-7)6-2-1-5(3-13)15-6/h4-6,8,13-14H,1-3H2,(H2,9,11)/t5-,6+,8?/m0/s1. The third-order valence-electron chi connectivity index (χ3n) is 2.46. The first-order valence-electron chi connectivity index (χ1n) is 4.80. The molecule has 2 heterocycles. The van der Waals surface area contributed by atoms with Crippen LogP contribution in [0, 0.1) is 0 Å². The molecule has 4 N–H and O–H groups in total. The van der Waals surface area contributed by atoms with Crippen molar-refractivity contribution >= 4 is 12.3 Å². The molecule has 1 fully saturated rings. The number of aliphatic hydroxyl groups is 2. The molecule has 7 heteroatoms. The van der Waals surface area contributed by atoms with E-state index >= 15 is 0 Å². The first-order valence-corrected chi connectivity index (χ1v) is 4.80. The Hall–Kier alpha value is -1.18. The molecule has 0 aromatic heterocycles. The smallest absolute Gasteiger partial charge is 0.231 e. The van der Waals surface area contributed by atoms with Crippen LogP contribution < -0.4 is 5.73 Å². The fourth-order valence-corrected chi connectivity index (χ4v) is 1.67. The summed E-state index contributed by atoms with van der Waals surface area (Å²) >= 11 is 0. The zero-order valence-corrected chi connectivity index (χ0v) is 8.15. The van der Waals surface area contributed by atoms with Crippen LogP contribution in [0.25, 0.3) is 0 Å². The third kappa shape index (κ3) is 2.09. The molecule has 0 aromatic carbocycles.